The lowest BCUT2D eigenvalue weighted by Crippen LogP contribution is -2.37. The predicted octanol–water partition coefficient (Wildman–Crippen LogP) is 3.81. The lowest BCUT2D eigenvalue weighted by Gasteiger charge is -2.32. The van der Waals surface area contributed by atoms with E-state index in [9.17, 15) is 0 Å². The van der Waals surface area contributed by atoms with Crippen LogP contribution in [-0.4, -0.2) is 16.5 Å². The van der Waals surface area contributed by atoms with Gasteiger partial charge in [-0.25, -0.2) is 3.93 Å². The number of rotatable bonds is 4. The largest absolute Gasteiger partial charge is 0.235 e. The van der Waals surface area contributed by atoms with Gasteiger partial charge in [-0.2, -0.15) is 0 Å². The van der Waals surface area contributed by atoms with Gasteiger partial charge in [-0.1, -0.05) is 42.5 Å². The summed E-state index contributed by atoms with van der Waals surface area (Å²) in [5, 5.41) is 0. The second-order valence-corrected chi connectivity index (χ2v) is 5.06. The molecule has 0 radical (unpaired) electrons. The van der Waals surface area contributed by atoms with Crippen LogP contribution in [0.5, 0.6) is 0 Å². The maximum Gasteiger partial charge on any atom is 0.0504 e. The summed E-state index contributed by atoms with van der Waals surface area (Å²) in [4.78, 5) is 0. The molecule has 0 N–H and O–H groups in total. The highest BCUT2D eigenvalue weighted by atomic mass is 79.9. The van der Waals surface area contributed by atoms with E-state index in [0.717, 1.165) is 6.42 Å². The van der Waals surface area contributed by atoms with E-state index in [2.05, 4.69) is 70.3 Å². The average Bonchev–Trinajstić information content (AvgIpc) is 2.19. The fourth-order valence-electron chi connectivity index (χ4n) is 1.64. The Hall–Kier alpha value is -0.600. The summed E-state index contributed by atoms with van der Waals surface area (Å²) in [6, 6.07) is 10.5. The molecule has 1 rings (SSSR count). The van der Waals surface area contributed by atoms with Crippen LogP contribution >= 0.6 is 16.1 Å². The van der Waals surface area contributed by atoms with Crippen LogP contribution in [0.15, 0.2) is 42.5 Å². The van der Waals surface area contributed by atoms with Gasteiger partial charge in [-0.15, -0.1) is 0 Å². The maximum absolute atomic E-state index is 3.54. The standard InChI is InChI=1S/C13H18BrN/c1-4-10-13(2,15(3)14)11-12-8-6-5-7-9-12/h4-10H,11H2,1-3H3. The van der Waals surface area contributed by atoms with E-state index in [-0.39, 0.29) is 5.54 Å². The summed E-state index contributed by atoms with van der Waals surface area (Å²) in [5.41, 5.74) is 1.38. The molecule has 0 spiro atoms. The topological polar surface area (TPSA) is 3.24 Å². The molecule has 0 amide bonds. The van der Waals surface area contributed by atoms with E-state index in [1.54, 1.807) is 0 Å². The van der Waals surface area contributed by atoms with Gasteiger partial charge in [0.2, 0.25) is 0 Å². The van der Waals surface area contributed by atoms with E-state index in [1.807, 2.05) is 13.1 Å². The summed E-state index contributed by atoms with van der Waals surface area (Å²) < 4.78 is 2.08. The van der Waals surface area contributed by atoms with Crippen LogP contribution in [0.1, 0.15) is 19.4 Å². The molecular formula is C13H18BrN. The van der Waals surface area contributed by atoms with E-state index < -0.39 is 0 Å². The zero-order chi connectivity index (χ0) is 11.3. The summed E-state index contributed by atoms with van der Waals surface area (Å²) in [7, 11) is 2.04. The molecule has 0 aliphatic rings. The maximum atomic E-state index is 3.54. The molecule has 2 heteroatoms. The molecule has 1 aromatic rings. The van der Waals surface area contributed by atoms with Crippen LogP contribution in [0.4, 0.5) is 0 Å². The molecule has 0 aromatic heterocycles. The van der Waals surface area contributed by atoms with Crippen LogP contribution in [0.25, 0.3) is 0 Å². The monoisotopic (exact) mass is 267 g/mol. The zero-order valence-electron chi connectivity index (χ0n) is 9.57. The number of hydrogen-bond donors (Lipinski definition) is 0. The summed E-state index contributed by atoms with van der Waals surface area (Å²) >= 11 is 3.54. The number of likely N-dealkylation sites (N-methyl/N-ethyl adjacent to an activating group) is 1. The molecule has 82 valence electrons. The molecule has 0 aliphatic heterocycles. The molecule has 1 unspecified atom stereocenters. The lowest BCUT2D eigenvalue weighted by atomic mass is 9.92. The molecule has 0 saturated carbocycles. The summed E-state index contributed by atoms with van der Waals surface area (Å²) in [6.45, 7) is 4.27. The van der Waals surface area contributed by atoms with Crippen molar-refractivity contribution in [1.29, 1.82) is 0 Å². The first-order valence-corrected chi connectivity index (χ1v) is 5.87. The van der Waals surface area contributed by atoms with E-state index in [4.69, 9.17) is 0 Å². The van der Waals surface area contributed by atoms with E-state index in [1.165, 1.54) is 5.56 Å². The third-order valence-corrected chi connectivity index (χ3v) is 3.44. The predicted molar refractivity (Wildman–Crippen MR) is 70.1 cm³/mol. The van der Waals surface area contributed by atoms with Crippen molar-refractivity contribution in [3.8, 4) is 0 Å². The number of allylic oxidation sites excluding steroid dienone is 1. The Bertz CT molecular complexity index is 319. The van der Waals surface area contributed by atoms with Crippen molar-refractivity contribution in [2.75, 3.05) is 7.05 Å². The van der Waals surface area contributed by atoms with Gasteiger partial charge < -0.3 is 0 Å². The van der Waals surface area contributed by atoms with Crippen molar-refractivity contribution >= 4 is 16.1 Å². The minimum atomic E-state index is 0.0239. The summed E-state index contributed by atoms with van der Waals surface area (Å²) in [5.74, 6) is 0. The Kier molecular flexibility index (Phi) is 4.55. The Labute approximate surface area is 101 Å². The van der Waals surface area contributed by atoms with Crippen LogP contribution in [0, 0.1) is 0 Å². The van der Waals surface area contributed by atoms with Crippen LogP contribution in [-0.2, 0) is 6.42 Å². The Morgan fingerprint density at radius 3 is 2.40 bits per heavy atom. The van der Waals surface area contributed by atoms with Gasteiger partial charge >= 0.3 is 0 Å². The number of nitrogens with zero attached hydrogens (tertiary/aromatic N) is 1. The molecule has 1 nitrogen and oxygen atoms in total. The first-order valence-electron chi connectivity index (χ1n) is 5.16. The molecule has 0 bridgehead atoms. The fraction of sp³-hybridized carbons (Fsp3) is 0.385. The van der Waals surface area contributed by atoms with Crippen LogP contribution < -0.4 is 0 Å². The molecule has 1 atom stereocenters. The third-order valence-electron chi connectivity index (χ3n) is 2.63. The number of benzene rings is 1. The highest BCUT2D eigenvalue weighted by Crippen LogP contribution is 2.23. The van der Waals surface area contributed by atoms with E-state index in [0.29, 0.717) is 0 Å². The number of hydrogen-bond acceptors (Lipinski definition) is 1. The van der Waals surface area contributed by atoms with Gasteiger partial charge in [-0.05, 0) is 32.9 Å². The van der Waals surface area contributed by atoms with Gasteiger partial charge in [0.05, 0.1) is 5.54 Å². The Morgan fingerprint density at radius 1 is 1.33 bits per heavy atom. The van der Waals surface area contributed by atoms with E-state index >= 15 is 0 Å². The van der Waals surface area contributed by atoms with Gasteiger partial charge in [0.1, 0.15) is 0 Å². The van der Waals surface area contributed by atoms with Crippen molar-refractivity contribution < 1.29 is 0 Å². The SMILES string of the molecule is CC=CC(C)(Cc1ccccc1)N(C)Br. The van der Waals surface area contributed by atoms with Crippen molar-refractivity contribution in [3.63, 3.8) is 0 Å². The van der Waals surface area contributed by atoms with Gasteiger partial charge in [0, 0.05) is 16.1 Å². The quantitative estimate of drug-likeness (QED) is 0.593. The number of halogens is 1. The second-order valence-electron chi connectivity index (χ2n) is 4.00. The molecule has 0 saturated heterocycles. The molecule has 0 heterocycles. The normalized spacial score (nSPS) is 15.8. The zero-order valence-corrected chi connectivity index (χ0v) is 11.2. The van der Waals surface area contributed by atoms with Crippen LogP contribution in [0.3, 0.4) is 0 Å². The first kappa shape index (κ1) is 12.5. The third kappa shape index (κ3) is 3.47. The van der Waals surface area contributed by atoms with Crippen molar-refractivity contribution in [2.45, 2.75) is 25.8 Å². The highest BCUT2D eigenvalue weighted by molar-refractivity contribution is 9.07. The minimum absolute atomic E-state index is 0.0239. The Morgan fingerprint density at radius 2 is 1.93 bits per heavy atom. The van der Waals surface area contributed by atoms with Crippen molar-refractivity contribution in [1.82, 2.24) is 3.93 Å². The molecule has 1 aromatic carbocycles. The van der Waals surface area contributed by atoms with Gasteiger partial charge in [-0.3, -0.25) is 0 Å². The molecule has 15 heavy (non-hydrogen) atoms. The molecular weight excluding hydrogens is 250 g/mol. The Balaban J connectivity index is 2.85. The minimum Gasteiger partial charge on any atom is -0.235 e. The fourth-order valence-corrected chi connectivity index (χ4v) is 1.88. The van der Waals surface area contributed by atoms with Gasteiger partial charge in [0.25, 0.3) is 0 Å². The molecule has 0 fully saturated rings. The molecule has 0 aliphatic carbocycles. The van der Waals surface area contributed by atoms with Crippen LogP contribution in [0.2, 0.25) is 0 Å². The van der Waals surface area contributed by atoms with Gasteiger partial charge in [0.15, 0.2) is 0 Å². The lowest BCUT2D eigenvalue weighted by molar-refractivity contribution is 0.341. The highest BCUT2D eigenvalue weighted by Gasteiger charge is 2.24. The van der Waals surface area contributed by atoms with Crippen molar-refractivity contribution in [3.05, 3.63) is 48.0 Å². The smallest absolute Gasteiger partial charge is 0.0504 e. The van der Waals surface area contributed by atoms with Crippen molar-refractivity contribution in [2.24, 2.45) is 0 Å². The average molecular weight is 268 g/mol. The summed E-state index contributed by atoms with van der Waals surface area (Å²) in [6.07, 6.45) is 5.31. The second kappa shape index (κ2) is 5.47. The first-order chi connectivity index (χ1) is 7.08.